The van der Waals surface area contributed by atoms with Gasteiger partial charge in [-0.25, -0.2) is 23.1 Å². The number of halogens is 1. The highest BCUT2D eigenvalue weighted by atomic mass is 35.5. The Hall–Kier alpha value is -4.03. The summed E-state index contributed by atoms with van der Waals surface area (Å²) in [5.74, 6) is 0.0810. The summed E-state index contributed by atoms with van der Waals surface area (Å²) in [4.78, 5) is 42.1. The summed E-state index contributed by atoms with van der Waals surface area (Å²) in [7, 11) is -2.08. The molecule has 0 saturated carbocycles. The number of fused-ring (bicyclic) bond motifs is 1. The van der Waals surface area contributed by atoms with Gasteiger partial charge >= 0.3 is 0 Å². The van der Waals surface area contributed by atoms with Crippen molar-refractivity contribution in [3.8, 4) is 0 Å². The maximum Gasteiger partial charge on any atom is 0.285 e. The van der Waals surface area contributed by atoms with E-state index < -0.39 is 22.0 Å². The van der Waals surface area contributed by atoms with E-state index in [1.807, 2.05) is 49.9 Å². The first-order valence-corrected chi connectivity index (χ1v) is 16.2. The van der Waals surface area contributed by atoms with E-state index in [4.69, 9.17) is 16.6 Å². The third-order valence-corrected chi connectivity index (χ3v) is 8.56. The van der Waals surface area contributed by atoms with Gasteiger partial charge in [0.2, 0.25) is 16.0 Å². The molecule has 1 aliphatic heterocycles. The van der Waals surface area contributed by atoms with Crippen molar-refractivity contribution in [1.29, 1.82) is 0 Å². The van der Waals surface area contributed by atoms with Crippen LogP contribution < -0.4 is 20.5 Å². The second kappa shape index (κ2) is 11.9. The monoisotopic (exact) mass is 623 g/mol. The molecule has 0 radical (unpaired) electrons. The average molecular weight is 624 g/mol. The minimum absolute atomic E-state index is 0.0372. The molecule has 3 aromatic heterocycles. The molecule has 5 rings (SSSR count). The number of pyridine rings is 2. The van der Waals surface area contributed by atoms with Crippen molar-refractivity contribution in [2.24, 2.45) is 7.05 Å². The van der Waals surface area contributed by atoms with Crippen LogP contribution in [0.3, 0.4) is 0 Å². The fraction of sp³-hybridized carbons (Fsp3) is 0.367. The summed E-state index contributed by atoms with van der Waals surface area (Å²) in [6.45, 7) is 7.31. The van der Waals surface area contributed by atoms with E-state index >= 15 is 0 Å². The van der Waals surface area contributed by atoms with Gasteiger partial charge in [-0.1, -0.05) is 23.7 Å². The molecule has 1 fully saturated rings. The van der Waals surface area contributed by atoms with Crippen molar-refractivity contribution in [2.75, 3.05) is 29.6 Å². The zero-order chi connectivity index (χ0) is 31.1. The molecule has 0 bridgehead atoms. The lowest BCUT2D eigenvalue weighted by Crippen LogP contribution is -2.38. The van der Waals surface area contributed by atoms with E-state index in [9.17, 15) is 18.0 Å². The van der Waals surface area contributed by atoms with E-state index in [1.54, 1.807) is 17.7 Å². The van der Waals surface area contributed by atoms with E-state index in [0.717, 1.165) is 49.0 Å². The number of aromatic nitrogens is 4. The van der Waals surface area contributed by atoms with Crippen LogP contribution in [0.1, 0.15) is 64.6 Å². The Morgan fingerprint density at radius 2 is 1.84 bits per heavy atom. The van der Waals surface area contributed by atoms with Gasteiger partial charge in [-0.15, -0.1) is 0 Å². The Balaban J connectivity index is 1.49. The number of nitrogens with one attached hydrogen (secondary N) is 2. The number of amides is 1. The van der Waals surface area contributed by atoms with Crippen molar-refractivity contribution in [3.63, 3.8) is 0 Å². The minimum Gasteiger partial charge on any atom is -0.377 e. The average Bonchev–Trinajstić information content (AvgIpc) is 2.95. The second-order valence-electron chi connectivity index (χ2n) is 11.1. The summed E-state index contributed by atoms with van der Waals surface area (Å²) in [5, 5.41) is 3.78. The quantitative estimate of drug-likeness (QED) is 0.289. The lowest BCUT2D eigenvalue weighted by atomic mass is 9.89. The standard InChI is InChI=1S/C30H34ClN7O4S/c1-17-15-22(19(3)33-24-8-9-25(31)34-27(24)28(39)36-43(5,41)42)26-23(16-17)29(40)37(4)30(35-26)38-13-10-20(11-14-38)21-7-6-12-32-18(21)2/h6-9,12,15-16,19-20,33H,10-11,13-14H2,1-5H3,(H,36,39)/t19-/m1/s1. The molecule has 1 saturated heterocycles. The fourth-order valence-corrected chi connectivity index (χ4v) is 6.31. The van der Waals surface area contributed by atoms with Crippen molar-refractivity contribution < 1.29 is 13.2 Å². The minimum atomic E-state index is -3.83. The number of hydrogen-bond donors (Lipinski definition) is 2. The molecule has 1 aliphatic rings. The smallest absolute Gasteiger partial charge is 0.285 e. The first-order valence-electron chi connectivity index (χ1n) is 14.0. The number of carbonyl (C=O) groups is 1. The van der Waals surface area contributed by atoms with Crippen LogP contribution >= 0.6 is 11.6 Å². The fourth-order valence-electron chi connectivity index (χ4n) is 5.73. The van der Waals surface area contributed by atoms with Crippen molar-refractivity contribution >= 4 is 50.1 Å². The van der Waals surface area contributed by atoms with Gasteiger partial charge in [-0.2, -0.15) is 0 Å². The van der Waals surface area contributed by atoms with Gasteiger partial charge in [0.15, 0.2) is 5.69 Å². The van der Waals surface area contributed by atoms with Gasteiger partial charge in [-0.3, -0.25) is 19.1 Å². The van der Waals surface area contributed by atoms with Gasteiger partial charge in [0.05, 0.1) is 28.9 Å². The topological polar surface area (TPSA) is 139 Å². The molecule has 1 atom stereocenters. The van der Waals surface area contributed by atoms with Crippen LogP contribution in [-0.4, -0.2) is 53.2 Å². The number of carbonyl (C=O) groups excluding carboxylic acids is 1. The lowest BCUT2D eigenvalue weighted by molar-refractivity contribution is 0.0977. The molecular formula is C30H34ClN7O4S. The van der Waals surface area contributed by atoms with Gasteiger partial charge < -0.3 is 10.2 Å². The molecule has 43 heavy (non-hydrogen) atoms. The molecule has 13 heteroatoms. The van der Waals surface area contributed by atoms with Gasteiger partial charge in [0.1, 0.15) is 5.15 Å². The number of aryl methyl sites for hydroxylation is 2. The normalized spacial score (nSPS) is 15.0. The molecule has 1 amide bonds. The highest BCUT2D eigenvalue weighted by Gasteiger charge is 2.26. The van der Waals surface area contributed by atoms with Crippen molar-refractivity contribution in [1.82, 2.24) is 24.2 Å². The number of hydrogen-bond acceptors (Lipinski definition) is 9. The number of nitrogens with zero attached hydrogens (tertiary/aromatic N) is 5. The third-order valence-electron chi connectivity index (χ3n) is 7.79. The summed E-state index contributed by atoms with van der Waals surface area (Å²) >= 11 is 6.04. The molecule has 2 N–H and O–H groups in total. The first-order chi connectivity index (χ1) is 20.3. The molecule has 1 aromatic carbocycles. The predicted molar refractivity (Wildman–Crippen MR) is 168 cm³/mol. The predicted octanol–water partition coefficient (Wildman–Crippen LogP) is 4.24. The number of sulfonamides is 1. The van der Waals surface area contributed by atoms with Crippen molar-refractivity contribution in [2.45, 2.75) is 45.6 Å². The lowest BCUT2D eigenvalue weighted by Gasteiger charge is -2.34. The Bertz CT molecular complexity index is 1890. The van der Waals surface area contributed by atoms with Crippen LogP contribution in [-0.2, 0) is 17.1 Å². The van der Waals surface area contributed by atoms with Crippen LogP contribution in [0.4, 0.5) is 11.6 Å². The SMILES string of the molecule is Cc1cc([C@@H](C)Nc2ccc(Cl)nc2C(=O)NS(C)(=O)=O)c2nc(N3CCC(c4cccnc4C)CC3)n(C)c(=O)c2c1. The van der Waals surface area contributed by atoms with E-state index in [0.29, 0.717) is 22.8 Å². The largest absolute Gasteiger partial charge is 0.377 e. The van der Waals surface area contributed by atoms with E-state index in [-0.39, 0.29) is 22.1 Å². The zero-order valence-corrected chi connectivity index (χ0v) is 26.3. The molecule has 0 unspecified atom stereocenters. The Labute approximate surface area is 255 Å². The maximum atomic E-state index is 13.7. The molecule has 226 valence electrons. The summed E-state index contributed by atoms with van der Waals surface area (Å²) in [6, 6.07) is 10.5. The first kappa shape index (κ1) is 30.4. The molecule has 11 nitrogen and oxygen atoms in total. The number of benzene rings is 1. The summed E-state index contributed by atoms with van der Waals surface area (Å²) < 4.78 is 27.0. The molecular weight excluding hydrogens is 590 g/mol. The third kappa shape index (κ3) is 6.50. The van der Waals surface area contributed by atoms with Crippen LogP contribution in [0.2, 0.25) is 5.15 Å². The van der Waals surface area contributed by atoms with Crippen LogP contribution in [0.25, 0.3) is 10.9 Å². The van der Waals surface area contributed by atoms with Crippen molar-refractivity contribution in [3.05, 3.63) is 86.2 Å². The molecule has 0 spiro atoms. The van der Waals surface area contributed by atoms with E-state index in [1.165, 1.54) is 11.6 Å². The van der Waals surface area contributed by atoms with Gasteiger partial charge in [0, 0.05) is 37.6 Å². The zero-order valence-electron chi connectivity index (χ0n) is 24.7. The number of rotatable bonds is 7. The Morgan fingerprint density at radius 1 is 1.12 bits per heavy atom. The summed E-state index contributed by atoms with van der Waals surface area (Å²) in [5.41, 5.74) is 4.45. The van der Waals surface area contributed by atoms with Gasteiger partial charge in [-0.05, 0) is 74.9 Å². The van der Waals surface area contributed by atoms with Crippen LogP contribution in [0, 0.1) is 13.8 Å². The van der Waals surface area contributed by atoms with Gasteiger partial charge in [0.25, 0.3) is 11.5 Å². The number of piperidine rings is 1. The summed E-state index contributed by atoms with van der Waals surface area (Å²) in [6.07, 6.45) is 4.53. The molecule has 4 heterocycles. The highest BCUT2D eigenvalue weighted by Crippen LogP contribution is 2.33. The van der Waals surface area contributed by atoms with Crippen LogP contribution in [0.5, 0.6) is 0 Å². The molecule has 0 aliphatic carbocycles. The van der Waals surface area contributed by atoms with E-state index in [2.05, 4.69) is 26.3 Å². The Morgan fingerprint density at radius 3 is 2.51 bits per heavy atom. The highest BCUT2D eigenvalue weighted by molar-refractivity contribution is 7.89. The maximum absolute atomic E-state index is 13.7. The molecule has 4 aromatic rings. The number of anilines is 2. The van der Waals surface area contributed by atoms with Crippen LogP contribution in [0.15, 0.2) is 47.4 Å². The Kier molecular flexibility index (Phi) is 8.44. The second-order valence-corrected chi connectivity index (χ2v) is 13.2.